The molecule has 0 heterocycles. The van der Waals surface area contributed by atoms with Crippen LogP contribution in [0.25, 0.3) is 0 Å². The second-order valence-corrected chi connectivity index (χ2v) is 8.32. The highest BCUT2D eigenvalue weighted by molar-refractivity contribution is 7.89. The van der Waals surface area contributed by atoms with Crippen LogP contribution in [-0.2, 0) is 16.6 Å². The third kappa shape index (κ3) is 6.20. The molecule has 3 aromatic carbocycles. The number of hydrazone groups is 1. The summed E-state index contributed by atoms with van der Waals surface area (Å²) in [6.45, 7) is 0.296. The first-order chi connectivity index (χ1) is 15.8. The summed E-state index contributed by atoms with van der Waals surface area (Å²) in [7, 11) is -0.998. The van der Waals surface area contributed by atoms with E-state index in [-0.39, 0.29) is 10.6 Å². The Labute approximate surface area is 190 Å². The first-order valence-corrected chi connectivity index (χ1v) is 11.0. The van der Waals surface area contributed by atoms with Crippen molar-refractivity contribution in [2.45, 2.75) is 11.5 Å². The normalized spacial score (nSPS) is 11.2. The molecule has 0 atom stereocenters. The number of non-ortho nitro benzene ring substituents is 1. The summed E-state index contributed by atoms with van der Waals surface area (Å²) in [5.74, 6) is 1.65. The zero-order valence-electron chi connectivity index (χ0n) is 17.8. The fraction of sp³-hybridized carbons (Fsp3) is 0.136. The first kappa shape index (κ1) is 23.5. The molecule has 0 aliphatic carbocycles. The number of nitrogens with zero attached hydrogens (tertiary/aromatic N) is 2. The molecule has 0 amide bonds. The molecule has 3 rings (SSSR count). The van der Waals surface area contributed by atoms with Gasteiger partial charge in [0.1, 0.15) is 12.4 Å². The van der Waals surface area contributed by atoms with E-state index in [0.29, 0.717) is 23.7 Å². The topological polar surface area (TPSA) is 129 Å². The molecule has 0 bridgehead atoms. The molecule has 0 fully saturated rings. The minimum Gasteiger partial charge on any atom is -0.497 e. The van der Waals surface area contributed by atoms with E-state index in [4.69, 9.17) is 14.2 Å². The van der Waals surface area contributed by atoms with Gasteiger partial charge in [-0.3, -0.25) is 10.1 Å². The average molecular weight is 471 g/mol. The maximum absolute atomic E-state index is 12.3. The standard InChI is InChI=1S/C22H21N3O7S/c1-30-19-7-3-5-17(11-19)15-32-21-10-9-16(12-22(21)31-2)14-23-24-33(28,29)20-8-4-6-18(13-20)25(26)27/h3-14,24H,15H2,1-2H3/b23-14-. The van der Waals surface area contributed by atoms with E-state index in [1.165, 1.54) is 31.5 Å². The van der Waals surface area contributed by atoms with Gasteiger partial charge in [-0.1, -0.05) is 18.2 Å². The van der Waals surface area contributed by atoms with Gasteiger partial charge in [0.2, 0.25) is 0 Å². The van der Waals surface area contributed by atoms with Gasteiger partial charge in [-0.05, 0) is 47.5 Å². The smallest absolute Gasteiger partial charge is 0.276 e. The van der Waals surface area contributed by atoms with E-state index >= 15 is 0 Å². The van der Waals surface area contributed by atoms with Gasteiger partial charge in [0.05, 0.1) is 30.3 Å². The molecule has 0 aliphatic rings. The van der Waals surface area contributed by atoms with Gasteiger partial charge < -0.3 is 14.2 Å². The molecular formula is C22H21N3O7S. The Morgan fingerprint density at radius 2 is 1.79 bits per heavy atom. The molecular weight excluding hydrogens is 450 g/mol. The van der Waals surface area contributed by atoms with Crippen molar-refractivity contribution in [1.29, 1.82) is 0 Å². The van der Waals surface area contributed by atoms with Gasteiger partial charge in [0, 0.05) is 12.1 Å². The van der Waals surface area contributed by atoms with Crippen molar-refractivity contribution >= 4 is 21.9 Å². The number of nitro groups is 1. The number of methoxy groups -OCH3 is 2. The maximum Gasteiger partial charge on any atom is 0.276 e. The van der Waals surface area contributed by atoms with E-state index in [1.54, 1.807) is 25.3 Å². The summed E-state index contributed by atoms with van der Waals surface area (Å²) >= 11 is 0. The lowest BCUT2D eigenvalue weighted by molar-refractivity contribution is -0.385. The molecule has 0 saturated heterocycles. The molecule has 0 spiro atoms. The highest BCUT2D eigenvalue weighted by Crippen LogP contribution is 2.28. The second-order valence-electron chi connectivity index (χ2n) is 6.66. The number of benzene rings is 3. The van der Waals surface area contributed by atoms with Crippen LogP contribution in [0.15, 0.2) is 76.7 Å². The van der Waals surface area contributed by atoms with Gasteiger partial charge in [-0.25, -0.2) is 4.83 Å². The number of ether oxygens (including phenoxy) is 3. The quantitative estimate of drug-likeness (QED) is 0.272. The third-order valence-corrected chi connectivity index (χ3v) is 5.66. The van der Waals surface area contributed by atoms with E-state index in [9.17, 15) is 18.5 Å². The summed E-state index contributed by atoms with van der Waals surface area (Å²) < 4.78 is 41.1. The summed E-state index contributed by atoms with van der Waals surface area (Å²) in [6, 6.07) is 17.1. The van der Waals surface area contributed by atoms with Crippen molar-refractivity contribution in [3.8, 4) is 17.2 Å². The van der Waals surface area contributed by atoms with Crippen LogP contribution in [0.3, 0.4) is 0 Å². The van der Waals surface area contributed by atoms with Crippen LogP contribution in [0.5, 0.6) is 17.2 Å². The monoisotopic (exact) mass is 471 g/mol. The Morgan fingerprint density at radius 3 is 2.52 bits per heavy atom. The Kier molecular flexibility index (Phi) is 7.46. The number of rotatable bonds is 10. The Bertz CT molecular complexity index is 1280. The minimum atomic E-state index is -4.07. The van der Waals surface area contributed by atoms with Crippen LogP contribution < -0.4 is 19.0 Å². The Balaban J connectivity index is 1.68. The van der Waals surface area contributed by atoms with Crippen LogP contribution in [-0.4, -0.2) is 33.8 Å². The molecule has 1 N–H and O–H groups in total. The number of hydrogen-bond donors (Lipinski definition) is 1. The molecule has 0 aromatic heterocycles. The number of nitrogens with one attached hydrogen (secondary N) is 1. The van der Waals surface area contributed by atoms with Crippen LogP contribution in [0.4, 0.5) is 5.69 Å². The summed E-state index contributed by atoms with van der Waals surface area (Å²) in [4.78, 5) is 11.9. The molecule has 0 radical (unpaired) electrons. The molecule has 33 heavy (non-hydrogen) atoms. The minimum absolute atomic E-state index is 0.271. The van der Waals surface area contributed by atoms with Crippen LogP contribution in [0.2, 0.25) is 0 Å². The molecule has 0 aliphatic heterocycles. The molecule has 3 aromatic rings. The third-order valence-electron chi connectivity index (χ3n) is 4.44. The van der Waals surface area contributed by atoms with E-state index in [2.05, 4.69) is 5.10 Å². The summed E-state index contributed by atoms with van der Waals surface area (Å²) in [5.41, 5.74) is 1.12. The van der Waals surface area contributed by atoms with E-state index < -0.39 is 14.9 Å². The van der Waals surface area contributed by atoms with Gasteiger partial charge in [-0.2, -0.15) is 13.5 Å². The second kappa shape index (κ2) is 10.5. The largest absolute Gasteiger partial charge is 0.497 e. The lowest BCUT2D eigenvalue weighted by atomic mass is 10.2. The van der Waals surface area contributed by atoms with Crippen molar-refractivity contribution in [3.63, 3.8) is 0 Å². The summed E-state index contributed by atoms with van der Waals surface area (Å²) in [5, 5.41) is 14.6. The molecule has 11 heteroatoms. The number of nitro benzene ring substituents is 1. The van der Waals surface area contributed by atoms with Gasteiger partial charge >= 0.3 is 0 Å². The van der Waals surface area contributed by atoms with Crippen molar-refractivity contribution in [2.24, 2.45) is 5.10 Å². The average Bonchev–Trinajstić information content (AvgIpc) is 2.83. The van der Waals surface area contributed by atoms with Crippen molar-refractivity contribution in [3.05, 3.63) is 88.0 Å². The predicted molar refractivity (Wildman–Crippen MR) is 121 cm³/mol. The maximum atomic E-state index is 12.3. The lowest BCUT2D eigenvalue weighted by Gasteiger charge is -2.12. The van der Waals surface area contributed by atoms with Crippen molar-refractivity contribution in [1.82, 2.24) is 4.83 Å². The fourth-order valence-electron chi connectivity index (χ4n) is 2.79. The number of sulfonamides is 1. The lowest BCUT2D eigenvalue weighted by Crippen LogP contribution is -2.18. The zero-order chi connectivity index (χ0) is 23.8. The van der Waals surface area contributed by atoms with Gasteiger partial charge in [0.15, 0.2) is 11.5 Å². The molecule has 172 valence electrons. The first-order valence-electron chi connectivity index (χ1n) is 9.55. The Hall–Kier alpha value is -4.12. The highest BCUT2D eigenvalue weighted by atomic mass is 32.2. The molecule has 0 unspecified atom stereocenters. The van der Waals surface area contributed by atoms with E-state index in [1.807, 2.05) is 29.1 Å². The fourth-order valence-corrected chi connectivity index (χ4v) is 3.62. The van der Waals surface area contributed by atoms with E-state index in [0.717, 1.165) is 17.4 Å². The Morgan fingerprint density at radius 1 is 1.00 bits per heavy atom. The number of hydrogen-bond acceptors (Lipinski definition) is 8. The van der Waals surface area contributed by atoms with Crippen LogP contribution >= 0.6 is 0 Å². The van der Waals surface area contributed by atoms with Gasteiger partial charge in [-0.15, -0.1) is 0 Å². The van der Waals surface area contributed by atoms with Crippen molar-refractivity contribution < 1.29 is 27.6 Å². The van der Waals surface area contributed by atoms with Gasteiger partial charge in [0.25, 0.3) is 15.7 Å². The SMILES string of the molecule is COc1cccc(COc2ccc(/C=N\NS(=O)(=O)c3cccc([N+](=O)[O-])c3)cc2OC)c1. The molecule has 0 saturated carbocycles. The zero-order valence-corrected chi connectivity index (χ0v) is 18.6. The van der Waals surface area contributed by atoms with Crippen molar-refractivity contribution in [2.75, 3.05) is 14.2 Å². The molecule has 10 nitrogen and oxygen atoms in total. The summed E-state index contributed by atoms with van der Waals surface area (Å²) in [6.07, 6.45) is 1.28. The van der Waals surface area contributed by atoms with Crippen LogP contribution in [0, 0.1) is 10.1 Å². The highest BCUT2D eigenvalue weighted by Gasteiger charge is 2.16. The van der Waals surface area contributed by atoms with Crippen LogP contribution in [0.1, 0.15) is 11.1 Å². The predicted octanol–water partition coefficient (Wildman–Crippen LogP) is 3.50.